The van der Waals surface area contributed by atoms with Gasteiger partial charge in [0.2, 0.25) is 0 Å². The van der Waals surface area contributed by atoms with E-state index in [4.69, 9.17) is 6.58 Å². The molecule has 1 aliphatic carbocycles. The van der Waals surface area contributed by atoms with Crippen LogP contribution in [0.3, 0.4) is 0 Å². The lowest BCUT2D eigenvalue weighted by Gasteiger charge is -2.33. The van der Waals surface area contributed by atoms with E-state index in [-0.39, 0.29) is 0 Å². The van der Waals surface area contributed by atoms with Gasteiger partial charge in [-0.2, -0.15) is 0 Å². The summed E-state index contributed by atoms with van der Waals surface area (Å²) in [4.78, 5) is 2.63. The number of nitrogens with zero attached hydrogens (tertiary/aromatic N) is 1. The summed E-state index contributed by atoms with van der Waals surface area (Å²) in [7, 11) is 0. The number of fused-ring (bicyclic) bond motifs is 1. The second-order valence-electron chi connectivity index (χ2n) is 5.29. The molecule has 0 bridgehead atoms. The largest absolute Gasteiger partial charge is 0.368 e. The Bertz CT molecular complexity index is 416. The molecule has 0 N–H and O–H groups in total. The van der Waals surface area contributed by atoms with Gasteiger partial charge in [-0.1, -0.05) is 38.0 Å². The predicted octanol–water partition coefficient (Wildman–Crippen LogP) is 3.83. The Morgan fingerprint density at radius 2 is 2.00 bits per heavy atom. The highest BCUT2D eigenvalue weighted by atomic mass is 15.2. The number of anilines is 1. The van der Waals surface area contributed by atoms with Crippen molar-refractivity contribution in [3.8, 4) is 0 Å². The van der Waals surface area contributed by atoms with Crippen LogP contribution in [0.2, 0.25) is 0 Å². The molecule has 1 aromatic rings. The van der Waals surface area contributed by atoms with E-state index in [2.05, 4.69) is 23.1 Å². The average Bonchev–Trinajstić information content (AvgIpc) is 2.82. The molecule has 0 spiro atoms. The maximum Gasteiger partial charge on any atom is 0.0402 e. The Morgan fingerprint density at radius 3 is 2.76 bits per heavy atom. The molecule has 0 aromatic heterocycles. The molecule has 1 heteroatoms. The van der Waals surface area contributed by atoms with Gasteiger partial charge < -0.3 is 4.90 Å². The predicted molar refractivity (Wildman–Crippen MR) is 73.1 cm³/mol. The van der Waals surface area contributed by atoms with Crippen molar-refractivity contribution in [3.63, 3.8) is 0 Å². The van der Waals surface area contributed by atoms with Crippen LogP contribution in [0.5, 0.6) is 0 Å². The van der Waals surface area contributed by atoms with Crippen LogP contribution in [-0.2, 0) is 6.42 Å². The van der Waals surface area contributed by atoms with Gasteiger partial charge in [0.05, 0.1) is 0 Å². The molecule has 89 valence electrons. The highest BCUT2D eigenvalue weighted by Gasteiger charge is 2.26. The minimum Gasteiger partial charge on any atom is -0.368 e. The van der Waals surface area contributed by atoms with Crippen molar-refractivity contribution >= 4 is 11.8 Å². The van der Waals surface area contributed by atoms with Gasteiger partial charge in [-0.3, -0.25) is 0 Å². The zero-order chi connectivity index (χ0) is 11.7. The van der Waals surface area contributed by atoms with Gasteiger partial charge in [0.25, 0.3) is 0 Å². The van der Waals surface area contributed by atoms with Gasteiger partial charge in [0.15, 0.2) is 0 Å². The highest BCUT2D eigenvalue weighted by Crippen LogP contribution is 2.34. The summed E-state index contributed by atoms with van der Waals surface area (Å²) in [6.45, 7) is 6.79. The van der Waals surface area contributed by atoms with E-state index in [1.165, 1.54) is 56.3 Å². The van der Waals surface area contributed by atoms with Crippen molar-refractivity contribution in [1.29, 1.82) is 0 Å². The number of hydrogen-bond donors (Lipinski definition) is 0. The van der Waals surface area contributed by atoms with Crippen molar-refractivity contribution < 1.29 is 0 Å². The second kappa shape index (κ2) is 4.56. The van der Waals surface area contributed by atoms with Crippen LogP contribution in [0.1, 0.15) is 43.2 Å². The highest BCUT2D eigenvalue weighted by molar-refractivity contribution is 5.63. The normalized spacial score (nSPS) is 20.4. The third-order valence-electron chi connectivity index (χ3n) is 4.24. The Morgan fingerprint density at radius 1 is 1.18 bits per heavy atom. The second-order valence-corrected chi connectivity index (χ2v) is 5.29. The van der Waals surface area contributed by atoms with Gasteiger partial charge >= 0.3 is 0 Å². The molecular formula is C16H20N. The van der Waals surface area contributed by atoms with Crippen LogP contribution in [0.25, 0.3) is 6.08 Å². The smallest absolute Gasteiger partial charge is 0.0402 e. The van der Waals surface area contributed by atoms with Crippen molar-refractivity contribution in [2.75, 3.05) is 11.4 Å². The lowest BCUT2D eigenvalue weighted by Crippen LogP contribution is -2.35. The fourth-order valence-electron chi connectivity index (χ4n) is 3.32. The van der Waals surface area contributed by atoms with Gasteiger partial charge in [-0.05, 0) is 42.5 Å². The molecular weight excluding hydrogens is 206 g/mol. The zero-order valence-electron chi connectivity index (χ0n) is 10.4. The minimum atomic E-state index is 0.790. The molecule has 1 aliphatic heterocycles. The van der Waals surface area contributed by atoms with Gasteiger partial charge in [0.1, 0.15) is 0 Å². The molecule has 0 unspecified atom stereocenters. The van der Waals surface area contributed by atoms with Crippen LogP contribution >= 0.6 is 0 Å². The van der Waals surface area contributed by atoms with Gasteiger partial charge in [0, 0.05) is 18.3 Å². The summed E-state index contributed by atoms with van der Waals surface area (Å²) >= 11 is 0. The van der Waals surface area contributed by atoms with Gasteiger partial charge in [-0.15, -0.1) is 0 Å². The fourth-order valence-corrected chi connectivity index (χ4v) is 3.32. The van der Waals surface area contributed by atoms with Crippen LogP contribution in [0.4, 0.5) is 5.69 Å². The third-order valence-corrected chi connectivity index (χ3v) is 4.24. The summed E-state index contributed by atoms with van der Waals surface area (Å²) in [5.41, 5.74) is 4.09. The summed E-state index contributed by atoms with van der Waals surface area (Å²) in [5, 5.41) is 0. The quantitative estimate of drug-likeness (QED) is 0.741. The van der Waals surface area contributed by atoms with E-state index in [9.17, 15) is 0 Å². The molecule has 1 fully saturated rings. The van der Waals surface area contributed by atoms with E-state index in [1.807, 2.05) is 0 Å². The molecule has 17 heavy (non-hydrogen) atoms. The van der Waals surface area contributed by atoms with Crippen molar-refractivity contribution in [3.05, 3.63) is 35.9 Å². The average molecular weight is 226 g/mol. The van der Waals surface area contributed by atoms with Crippen molar-refractivity contribution in [2.24, 2.45) is 0 Å². The Labute approximate surface area is 104 Å². The molecule has 1 radical (unpaired) electrons. The van der Waals surface area contributed by atoms with E-state index < -0.39 is 0 Å². The number of hydrogen-bond acceptors (Lipinski definition) is 1. The fraction of sp³-hybridized carbons (Fsp3) is 0.500. The summed E-state index contributed by atoms with van der Waals surface area (Å²) in [6.07, 6.45) is 9.89. The summed E-state index contributed by atoms with van der Waals surface area (Å²) in [5.74, 6) is 0. The van der Waals surface area contributed by atoms with E-state index in [1.54, 1.807) is 6.08 Å². The van der Waals surface area contributed by atoms with Crippen LogP contribution in [0, 0.1) is 6.58 Å². The molecule has 1 nitrogen and oxygen atoms in total. The topological polar surface area (TPSA) is 3.24 Å². The van der Waals surface area contributed by atoms with Crippen LogP contribution < -0.4 is 4.90 Å². The molecule has 0 atom stereocenters. The van der Waals surface area contributed by atoms with E-state index in [0.717, 1.165) is 11.6 Å². The first-order valence-electron chi connectivity index (χ1n) is 6.83. The van der Waals surface area contributed by atoms with E-state index in [0.29, 0.717) is 0 Å². The van der Waals surface area contributed by atoms with Gasteiger partial charge in [-0.25, -0.2) is 0 Å². The summed E-state index contributed by atoms with van der Waals surface area (Å²) in [6, 6.07) is 7.44. The molecule has 0 amide bonds. The number of rotatable bonds is 2. The number of benzene rings is 1. The standard InChI is InChI=1S/C16H20N/c1-2-13-8-9-16-14(12-13)10-11-17(16)15-6-4-3-5-7-15/h1-2,8-9,12,15H,3-7,10-11H2. The van der Waals surface area contributed by atoms with E-state index >= 15 is 0 Å². The zero-order valence-corrected chi connectivity index (χ0v) is 10.4. The SMILES string of the molecule is [CH]=Cc1ccc2c(c1)CCN2C1CCCCC1. The third kappa shape index (κ3) is 1.99. The van der Waals surface area contributed by atoms with Crippen LogP contribution in [0.15, 0.2) is 18.2 Å². The van der Waals surface area contributed by atoms with Crippen LogP contribution in [-0.4, -0.2) is 12.6 Å². The molecule has 0 saturated heterocycles. The lowest BCUT2D eigenvalue weighted by atomic mass is 9.94. The first-order valence-corrected chi connectivity index (χ1v) is 6.83. The molecule has 1 heterocycles. The van der Waals surface area contributed by atoms with Crippen molar-refractivity contribution in [1.82, 2.24) is 0 Å². The maximum atomic E-state index is 5.58. The molecule has 1 aromatic carbocycles. The molecule has 1 saturated carbocycles. The maximum absolute atomic E-state index is 5.58. The Kier molecular flexibility index (Phi) is 2.92. The first kappa shape index (κ1) is 10.9. The summed E-state index contributed by atoms with van der Waals surface area (Å²) < 4.78 is 0. The Hall–Kier alpha value is -1.24. The lowest BCUT2D eigenvalue weighted by molar-refractivity contribution is 0.420. The van der Waals surface area contributed by atoms with Crippen molar-refractivity contribution in [2.45, 2.75) is 44.6 Å². The Balaban J connectivity index is 1.85. The minimum absolute atomic E-state index is 0.790. The monoisotopic (exact) mass is 226 g/mol. The first-order chi connectivity index (χ1) is 8.38. The molecule has 3 rings (SSSR count). The molecule has 2 aliphatic rings.